The van der Waals surface area contributed by atoms with Crippen molar-refractivity contribution in [3.63, 3.8) is 0 Å². The third-order valence-corrected chi connectivity index (χ3v) is 2.91. The number of hydrogen-bond acceptors (Lipinski definition) is 3. The Hall–Kier alpha value is -1.27. The van der Waals surface area contributed by atoms with Crippen LogP contribution >= 0.6 is 11.6 Å². The molecule has 0 atom stereocenters. The number of pyridine rings is 1. The third-order valence-electron chi connectivity index (χ3n) is 2.72. The lowest BCUT2D eigenvalue weighted by molar-refractivity contribution is 0.686. The fraction of sp³-hybridized carbons (Fsp3) is 0.500. The Kier molecular flexibility index (Phi) is 3.63. The van der Waals surface area contributed by atoms with Gasteiger partial charge < -0.3 is 5.32 Å². The molecule has 84 valence electrons. The van der Waals surface area contributed by atoms with Gasteiger partial charge >= 0.3 is 0 Å². The van der Waals surface area contributed by atoms with Gasteiger partial charge in [0.25, 0.3) is 0 Å². The molecule has 1 saturated carbocycles. The summed E-state index contributed by atoms with van der Waals surface area (Å²) in [6.45, 7) is 0.898. The van der Waals surface area contributed by atoms with Crippen molar-refractivity contribution in [3.8, 4) is 6.07 Å². The Bertz CT molecular complexity index is 407. The molecule has 1 N–H and O–H groups in total. The number of nitrogens with one attached hydrogen (secondary N) is 1. The maximum absolute atomic E-state index is 8.77. The molecule has 0 aliphatic heterocycles. The van der Waals surface area contributed by atoms with E-state index in [4.69, 9.17) is 16.9 Å². The van der Waals surface area contributed by atoms with Crippen molar-refractivity contribution in [1.82, 2.24) is 4.98 Å². The topological polar surface area (TPSA) is 48.7 Å². The van der Waals surface area contributed by atoms with E-state index in [-0.39, 0.29) is 0 Å². The molecule has 0 saturated heterocycles. The first kappa shape index (κ1) is 11.2. The zero-order chi connectivity index (χ0) is 11.4. The van der Waals surface area contributed by atoms with Gasteiger partial charge in [-0.05, 0) is 30.9 Å². The monoisotopic (exact) mass is 235 g/mol. The summed E-state index contributed by atoms with van der Waals surface area (Å²) in [5.41, 5.74) is 0.546. The molecule has 1 aliphatic rings. The standard InChI is InChI=1S/C12H14ClN3/c13-11-6-10(8-14)7-12(16-11)15-5-1-2-9-3-4-9/h6-7,9H,1-5H2,(H,15,16). The highest BCUT2D eigenvalue weighted by molar-refractivity contribution is 6.29. The fourth-order valence-corrected chi connectivity index (χ4v) is 1.87. The number of halogens is 1. The summed E-state index contributed by atoms with van der Waals surface area (Å²) in [5.74, 6) is 1.66. The number of aromatic nitrogens is 1. The van der Waals surface area contributed by atoms with Crippen LogP contribution in [0.4, 0.5) is 5.82 Å². The Labute approximate surface area is 100 Å². The summed E-state index contributed by atoms with van der Waals surface area (Å²) in [5, 5.41) is 12.3. The number of nitrogens with zero attached hydrogens (tertiary/aromatic N) is 2. The van der Waals surface area contributed by atoms with E-state index < -0.39 is 0 Å². The maximum Gasteiger partial charge on any atom is 0.132 e. The highest BCUT2D eigenvalue weighted by Gasteiger charge is 2.19. The van der Waals surface area contributed by atoms with Gasteiger partial charge in [0.15, 0.2) is 0 Å². The minimum Gasteiger partial charge on any atom is -0.370 e. The van der Waals surface area contributed by atoms with Crippen molar-refractivity contribution >= 4 is 17.4 Å². The van der Waals surface area contributed by atoms with E-state index in [2.05, 4.69) is 16.4 Å². The number of hydrogen-bond donors (Lipinski definition) is 1. The highest BCUT2D eigenvalue weighted by atomic mass is 35.5. The molecule has 0 amide bonds. The normalized spacial score (nSPS) is 14.5. The van der Waals surface area contributed by atoms with Crippen LogP contribution < -0.4 is 5.32 Å². The molecule has 3 nitrogen and oxygen atoms in total. The molecule has 0 radical (unpaired) electrons. The van der Waals surface area contributed by atoms with Gasteiger partial charge in [-0.1, -0.05) is 24.4 Å². The van der Waals surface area contributed by atoms with Gasteiger partial charge in [-0.3, -0.25) is 0 Å². The summed E-state index contributed by atoms with van der Waals surface area (Å²) in [4.78, 5) is 4.12. The Morgan fingerprint density at radius 2 is 2.31 bits per heavy atom. The second-order valence-corrected chi connectivity index (χ2v) is 4.58. The Balaban J connectivity index is 1.83. The minimum absolute atomic E-state index is 0.365. The van der Waals surface area contributed by atoms with Crippen LogP contribution in [0.5, 0.6) is 0 Å². The zero-order valence-electron chi connectivity index (χ0n) is 9.04. The van der Waals surface area contributed by atoms with Crippen molar-refractivity contribution in [2.45, 2.75) is 25.7 Å². The molecule has 0 aromatic carbocycles. The van der Waals surface area contributed by atoms with Gasteiger partial charge in [-0.2, -0.15) is 5.26 Å². The smallest absolute Gasteiger partial charge is 0.132 e. The predicted molar refractivity (Wildman–Crippen MR) is 64.4 cm³/mol. The molecular formula is C12H14ClN3. The highest BCUT2D eigenvalue weighted by Crippen LogP contribution is 2.33. The van der Waals surface area contributed by atoms with E-state index in [1.165, 1.54) is 19.3 Å². The van der Waals surface area contributed by atoms with E-state index in [0.717, 1.165) is 18.9 Å². The molecule has 0 spiro atoms. The lowest BCUT2D eigenvalue weighted by atomic mass is 10.2. The summed E-state index contributed by atoms with van der Waals surface area (Å²) in [6, 6.07) is 5.35. The van der Waals surface area contributed by atoms with E-state index >= 15 is 0 Å². The van der Waals surface area contributed by atoms with Crippen molar-refractivity contribution in [1.29, 1.82) is 5.26 Å². The summed E-state index contributed by atoms with van der Waals surface area (Å²) in [6.07, 6.45) is 5.24. The van der Waals surface area contributed by atoms with Gasteiger partial charge in [-0.25, -0.2) is 4.98 Å². The first-order valence-electron chi connectivity index (χ1n) is 5.59. The SMILES string of the molecule is N#Cc1cc(Cl)nc(NCCCC2CC2)c1. The van der Waals surface area contributed by atoms with Crippen molar-refractivity contribution in [2.24, 2.45) is 5.92 Å². The maximum atomic E-state index is 8.77. The lowest BCUT2D eigenvalue weighted by Crippen LogP contribution is -2.04. The van der Waals surface area contributed by atoms with Crippen LogP contribution in [0.15, 0.2) is 12.1 Å². The largest absolute Gasteiger partial charge is 0.370 e. The van der Waals surface area contributed by atoms with Gasteiger partial charge in [0.1, 0.15) is 11.0 Å². The molecule has 0 unspecified atom stereocenters. The third kappa shape index (κ3) is 3.39. The van der Waals surface area contributed by atoms with Crippen LogP contribution in [-0.4, -0.2) is 11.5 Å². The van der Waals surface area contributed by atoms with Crippen molar-refractivity contribution < 1.29 is 0 Å². The average Bonchev–Trinajstić information content (AvgIpc) is 3.07. The van der Waals surface area contributed by atoms with Crippen molar-refractivity contribution in [2.75, 3.05) is 11.9 Å². The van der Waals surface area contributed by atoms with Crippen LogP contribution in [-0.2, 0) is 0 Å². The van der Waals surface area contributed by atoms with E-state index in [9.17, 15) is 0 Å². The average molecular weight is 236 g/mol. The molecule has 16 heavy (non-hydrogen) atoms. The predicted octanol–water partition coefficient (Wildman–Crippen LogP) is 3.21. The second-order valence-electron chi connectivity index (χ2n) is 4.19. The van der Waals surface area contributed by atoms with Gasteiger partial charge in [0.2, 0.25) is 0 Å². The molecule has 4 heteroatoms. The molecule has 1 aromatic heterocycles. The van der Waals surface area contributed by atoms with Crippen LogP contribution in [0.2, 0.25) is 5.15 Å². The lowest BCUT2D eigenvalue weighted by Gasteiger charge is -2.05. The van der Waals surface area contributed by atoms with Crippen LogP contribution in [0.1, 0.15) is 31.2 Å². The number of nitriles is 1. The van der Waals surface area contributed by atoms with Crippen LogP contribution in [0.25, 0.3) is 0 Å². The summed E-state index contributed by atoms with van der Waals surface area (Å²) >= 11 is 5.80. The van der Waals surface area contributed by atoms with Gasteiger partial charge in [0, 0.05) is 6.54 Å². The number of anilines is 1. The van der Waals surface area contributed by atoms with Gasteiger partial charge in [0.05, 0.1) is 11.6 Å². The molecule has 1 fully saturated rings. The fourth-order valence-electron chi connectivity index (χ4n) is 1.67. The van der Waals surface area contributed by atoms with E-state index in [1.54, 1.807) is 12.1 Å². The zero-order valence-corrected chi connectivity index (χ0v) is 9.80. The van der Waals surface area contributed by atoms with Crippen LogP contribution in [0.3, 0.4) is 0 Å². The van der Waals surface area contributed by atoms with E-state index in [1.807, 2.05) is 0 Å². The first-order valence-corrected chi connectivity index (χ1v) is 5.97. The Morgan fingerprint density at radius 1 is 1.50 bits per heavy atom. The second kappa shape index (κ2) is 5.18. The molecule has 2 rings (SSSR count). The molecule has 1 aromatic rings. The summed E-state index contributed by atoms with van der Waals surface area (Å²) < 4.78 is 0. The van der Waals surface area contributed by atoms with Crippen molar-refractivity contribution in [3.05, 3.63) is 22.8 Å². The van der Waals surface area contributed by atoms with E-state index in [0.29, 0.717) is 16.5 Å². The molecule has 1 heterocycles. The quantitative estimate of drug-likeness (QED) is 0.630. The molecule has 0 bridgehead atoms. The molecular weight excluding hydrogens is 222 g/mol. The number of rotatable bonds is 5. The molecule has 1 aliphatic carbocycles. The first-order chi connectivity index (χ1) is 7.78. The summed E-state index contributed by atoms with van der Waals surface area (Å²) in [7, 11) is 0. The Morgan fingerprint density at radius 3 is 3.00 bits per heavy atom. The van der Waals surface area contributed by atoms with Crippen LogP contribution in [0, 0.1) is 17.2 Å². The minimum atomic E-state index is 0.365. The van der Waals surface area contributed by atoms with Gasteiger partial charge in [-0.15, -0.1) is 0 Å².